The van der Waals surface area contributed by atoms with Gasteiger partial charge >= 0.3 is 0 Å². The molecule has 11 heavy (non-hydrogen) atoms. The minimum Gasteiger partial charge on any atom is -0.234 e. The molecule has 0 amide bonds. The molecule has 0 radical (unpaired) electrons. The molecule has 0 saturated carbocycles. The van der Waals surface area contributed by atoms with Crippen LogP contribution < -0.4 is 0 Å². The maximum Gasteiger partial charge on any atom is 0.169 e. The van der Waals surface area contributed by atoms with Crippen LogP contribution in [0.3, 0.4) is 0 Å². The van der Waals surface area contributed by atoms with Crippen molar-refractivity contribution in [3.05, 3.63) is 34.1 Å². The summed E-state index contributed by atoms with van der Waals surface area (Å²) in [4.78, 5) is 10.2. The van der Waals surface area contributed by atoms with Crippen molar-refractivity contribution < 1.29 is 5.03 Å². The van der Waals surface area contributed by atoms with Crippen LogP contribution in [0.4, 0.5) is 0 Å². The number of aromatic nitrogens is 1. The minimum atomic E-state index is -0.452. The van der Waals surface area contributed by atoms with Gasteiger partial charge in [0.15, 0.2) is 5.03 Å². The molecule has 1 rings (SSSR count). The SMILES string of the molecule is CC(C)c1ccn([N+](=O)[O-])c1. The topological polar surface area (TPSA) is 48.1 Å². The predicted octanol–water partition coefficient (Wildman–Crippen LogP) is 1.65. The molecule has 0 spiro atoms. The van der Waals surface area contributed by atoms with E-state index in [1.54, 1.807) is 6.07 Å². The van der Waals surface area contributed by atoms with Crippen LogP contribution in [0.5, 0.6) is 0 Å². The van der Waals surface area contributed by atoms with E-state index in [2.05, 4.69) is 0 Å². The van der Waals surface area contributed by atoms with Gasteiger partial charge in [-0.3, -0.25) is 0 Å². The van der Waals surface area contributed by atoms with Gasteiger partial charge in [-0.2, -0.15) is 0 Å². The largest absolute Gasteiger partial charge is 0.234 e. The molecule has 0 aliphatic carbocycles. The quantitative estimate of drug-likeness (QED) is 0.480. The van der Waals surface area contributed by atoms with E-state index in [4.69, 9.17) is 0 Å². The van der Waals surface area contributed by atoms with Crippen molar-refractivity contribution in [3.8, 4) is 0 Å². The Morgan fingerprint density at radius 2 is 2.27 bits per heavy atom. The van der Waals surface area contributed by atoms with Crippen LogP contribution >= 0.6 is 0 Å². The highest BCUT2D eigenvalue weighted by atomic mass is 16.7. The van der Waals surface area contributed by atoms with Crippen LogP contribution in [0.2, 0.25) is 0 Å². The Bertz CT molecular complexity index is 265. The molecular weight excluding hydrogens is 144 g/mol. The molecule has 4 heteroatoms. The van der Waals surface area contributed by atoms with Gasteiger partial charge < -0.3 is 0 Å². The van der Waals surface area contributed by atoms with Crippen molar-refractivity contribution in [2.24, 2.45) is 0 Å². The van der Waals surface area contributed by atoms with Gasteiger partial charge in [0, 0.05) is 0 Å². The van der Waals surface area contributed by atoms with Crippen LogP contribution in [0.25, 0.3) is 0 Å². The zero-order valence-electron chi connectivity index (χ0n) is 6.52. The monoisotopic (exact) mass is 154 g/mol. The Balaban J connectivity index is 2.90. The maximum absolute atomic E-state index is 10.2. The lowest BCUT2D eigenvalue weighted by Crippen LogP contribution is -2.04. The maximum atomic E-state index is 10.2. The molecule has 0 bridgehead atoms. The van der Waals surface area contributed by atoms with Gasteiger partial charge in [-0.25, -0.2) is 10.1 Å². The Morgan fingerprint density at radius 1 is 1.64 bits per heavy atom. The Hall–Kier alpha value is -1.32. The minimum absolute atomic E-state index is 0.344. The van der Waals surface area contributed by atoms with E-state index >= 15 is 0 Å². The zero-order valence-corrected chi connectivity index (χ0v) is 6.52. The molecule has 0 N–H and O–H groups in total. The highest BCUT2D eigenvalue weighted by Crippen LogP contribution is 2.13. The summed E-state index contributed by atoms with van der Waals surface area (Å²) in [5.41, 5.74) is 0.988. The van der Waals surface area contributed by atoms with Crippen molar-refractivity contribution in [1.82, 2.24) is 4.68 Å². The lowest BCUT2D eigenvalue weighted by atomic mass is 10.1. The van der Waals surface area contributed by atoms with E-state index in [-0.39, 0.29) is 0 Å². The summed E-state index contributed by atoms with van der Waals surface area (Å²) < 4.78 is 0.968. The smallest absolute Gasteiger partial charge is 0.169 e. The second-order valence-corrected chi connectivity index (χ2v) is 2.72. The first-order valence-corrected chi connectivity index (χ1v) is 3.44. The molecule has 0 fully saturated rings. The van der Waals surface area contributed by atoms with Crippen molar-refractivity contribution in [2.75, 3.05) is 0 Å². The van der Waals surface area contributed by atoms with Crippen molar-refractivity contribution in [1.29, 1.82) is 0 Å². The van der Waals surface area contributed by atoms with Crippen LogP contribution in [0.1, 0.15) is 25.3 Å². The van der Waals surface area contributed by atoms with E-state index in [1.807, 2.05) is 13.8 Å². The summed E-state index contributed by atoms with van der Waals surface area (Å²) in [6.07, 6.45) is 2.99. The second kappa shape index (κ2) is 2.74. The fourth-order valence-corrected chi connectivity index (χ4v) is 0.844. The van der Waals surface area contributed by atoms with E-state index in [9.17, 15) is 10.1 Å². The number of hydrogen-bond donors (Lipinski definition) is 0. The molecule has 1 aromatic rings. The number of rotatable bonds is 2. The van der Waals surface area contributed by atoms with Gasteiger partial charge in [-0.15, -0.1) is 0 Å². The third-order valence-electron chi connectivity index (χ3n) is 1.56. The second-order valence-electron chi connectivity index (χ2n) is 2.72. The lowest BCUT2D eigenvalue weighted by Gasteiger charge is -1.96. The summed E-state index contributed by atoms with van der Waals surface area (Å²) in [5.74, 6) is 0.344. The standard InChI is InChI=1S/C7H10N2O2/c1-6(2)7-3-4-8(5-7)9(10)11/h3-6H,1-2H3. The van der Waals surface area contributed by atoms with E-state index in [0.29, 0.717) is 5.92 Å². The first-order chi connectivity index (χ1) is 5.11. The Kier molecular flexibility index (Phi) is 1.94. The molecular formula is C7H10N2O2. The molecule has 60 valence electrons. The molecule has 1 aromatic heterocycles. The van der Waals surface area contributed by atoms with E-state index in [0.717, 1.165) is 10.2 Å². The fourth-order valence-electron chi connectivity index (χ4n) is 0.844. The fraction of sp³-hybridized carbons (Fsp3) is 0.429. The number of nitro groups is 1. The van der Waals surface area contributed by atoms with E-state index < -0.39 is 5.03 Å². The summed E-state index contributed by atoms with van der Waals surface area (Å²) in [5, 5.41) is 9.75. The zero-order chi connectivity index (χ0) is 8.43. The van der Waals surface area contributed by atoms with Gasteiger partial charge in [0.05, 0.1) is 12.4 Å². The van der Waals surface area contributed by atoms with Gasteiger partial charge in [0.1, 0.15) is 0 Å². The van der Waals surface area contributed by atoms with Crippen LogP contribution in [-0.2, 0) is 0 Å². The van der Waals surface area contributed by atoms with Crippen molar-refractivity contribution >= 4 is 0 Å². The first kappa shape index (κ1) is 7.78. The Morgan fingerprint density at radius 3 is 2.55 bits per heavy atom. The Labute approximate surface area is 64.6 Å². The average molecular weight is 154 g/mol. The van der Waals surface area contributed by atoms with Gasteiger partial charge in [-0.1, -0.05) is 18.5 Å². The van der Waals surface area contributed by atoms with Crippen molar-refractivity contribution in [3.63, 3.8) is 0 Å². The molecule has 0 saturated heterocycles. The molecule has 0 aliphatic heterocycles. The van der Waals surface area contributed by atoms with Gasteiger partial charge in [0.25, 0.3) is 0 Å². The highest BCUT2D eigenvalue weighted by Gasteiger charge is 2.05. The third kappa shape index (κ3) is 1.58. The molecule has 0 unspecified atom stereocenters. The first-order valence-electron chi connectivity index (χ1n) is 3.44. The third-order valence-corrected chi connectivity index (χ3v) is 1.56. The van der Waals surface area contributed by atoms with Crippen LogP contribution in [0.15, 0.2) is 18.5 Å². The van der Waals surface area contributed by atoms with Crippen LogP contribution in [-0.4, -0.2) is 9.71 Å². The summed E-state index contributed by atoms with van der Waals surface area (Å²) in [7, 11) is 0. The molecule has 0 atom stereocenters. The van der Waals surface area contributed by atoms with Gasteiger partial charge in [0.2, 0.25) is 0 Å². The average Bonchev–Trinajstić information content (AvgIpc) is 2.33. The highest BCUT2D eigenvalue weighted by molar-refractivity contribution is 5.13. The molecule has 0 aromatic carbocycles. The number of nitrogens with zero attached hydrogens (tertiary/aromatic N) is 2. The van der Waals surface area contributed by atoms with Crippen LogP contribution in [0, 0.1) is 10.1 Å². The summed E-state index contributed by atoms with van der Waals surface area (Å²) in [6.45, 7) is 4.00. The molecule has 0 aliphatic rings. The summed E-state index contributed by atoms with van der Waals surface area (Å²) in [6, 6.07) is 1.76. The normalized spacial score (nSPS) is 10.5. The van der Waals surface area contributed by atoms with Crippen molar-refractivity contribution in [2.45, 2.75) is 19.8 Å². The molecule has 4 nitrogen and oxygen atoms in total. The molecule has 1 heterocycles. The van der Waals surface area contributed by atoms with E-state index in [1.165, 1.54) is 12.4 Å². The van der Waals surface area contributed by atoms with Gasteiger partial charge in [-0.05, 0) is 17.5 Å². The number of hydrogen-bond acceptors (Lipinski definition) is 2. The lowest BCUT2D eigenvalue weighted by molar-refractivity contribution is -0.542. The summed E-state index contributed by atoms with van der Waals surface area (Å²) >= 11 is 0. The predicted molar refractivity (Wildman–Crippen MR) is 40.9 cm³/mol.